The second-order valence-corrected chi connectivity index (χ2v) is 6.94. The third-order valence-electron chi connectivity index (χ3n) is 5.08. The Kier molecular flexibility index (Phi) is 5.82. The fraction of sp³-hybridized carbons (Fsp3) is 0.500. The fourth-order valence-electron chi connectivity index (χ4n) is 3.23. The fourth-order valence-corrected chi connectivity index (χ4v) is 3.23. The molecular formula is C18H21F3N2O4. The maximum Gasteiger partial charge on any atom is 0.416 e. The van der Waals surface area contributed by atoms with E-state index in [0.29, 0.717) is 25.7 Å². The first-order valence-corrected chi connectivity index (χ1v) is 8.47. The summed E-state index contributed by atoms with van der Waals surface area (Å²) in [6, 6.07) is 4.08. The van der Waals surface area contributed by atoms with Crippen LogP contribution in [0.3, 0.4) is 0 Å². The van der Waals surface area contributed by atoms with E-state index < -0.39 is 46.9 Å². The maximum absolute atomic E-state index is 13.0. The lowest BCUT2D eigenvalue weighted by Gasteiger charge is -2.32. The summed E-state index contributed by atoms with van der Waals surface area (Å²) in [6.07, 6.45) is -3.32. The Labute approximate surface area is 153 Å². The first-order valence-electron chi connectivity index (χ1n) is 8.47. The van der Waals surface area contributed by atoms with Gasteiger partial charge in [-0.1, -0.05) is 12.1 Å². The molecule has 2 amide bonds. The van der Waals surface area contributed by atoms with Crippen LogP contribution < -0.4 is 11.1 Å². The number of aliphatic carboxylic acids is 1. The van der Waals surface area contributed by atoms with Crippen LogP contribution in [0.4, 0.5) is 13.2 Å². The van der Waals surface area contributed by atoms with E-state index in [0.717, 1.165) is 18.2 Å². The zero-order valence-corrected chi connectivity index (χ0v) is 14.7. The van der Waals surface area contributed by atoms with Gasteiger partial charge in [0.2, 0.25) is 11.8 Å². The van der Waals surface area contributed by atoms with E-state index in [1.165, 1.54) is 13.0 Å². The second kappa shape index (κ2) is 7.58. The maximum atomic E-state index is 13.0. The Bertz CT molecular complexity index is 742. The van der Waals surface area contributed by atoms with Crippen molar-refractivity contribution >= 4 is 17.8 Å². The number of hydrogen-bond donors (Lipinski definition) is 3. The van der Waals surface area contributed by atoms with Gasteiger partial charge in [-0.25, -0.2) is 0 Å². The summed E-state index contributed by atoms with van der Waals surface area (Å²) in [4.78, 5) is 35.5. The van der Waals surface area contributed by atoms with E-state index in [2.05, 4.69) is 5.32 Å². The van der Waals surface area contributed by atoms with Crippen LogP contribution in [0, 0.1) is 11.8 Å². The summed E-state index contributed by atoms with van der Waals surface area (Å²) < 4.78 is 38.9. The number of rotatable bonds is 5. The van der Waals surface area contributed by atoms with Gasteiger partial charge in [0.1, 0.15) is 5.54 Å². The van der Waals surface area contributed by atoms with Crippen LogP contribution in [0.25, 0.3) is 0 Å². The van der Waals surface area contributed by atoms with Gasteiger partial charge in [-0.05, 0) is 50.3 Å². The van der Waals surface area contributed by atoms with Crippen molar-refractivity contribution in [3.05, 3.63) is 35.4 Å². The van der Waals surface area contributed by atoms with Crippen LogP contribution >= 0.6 is 0 Å². The van der Waals surface area contributed by atoms with Gasteiger partial charge in [-0.15, -0.1) is 0 Å². The van der Waals surface area contributed by atoms with Crippen LogP contribution in [-0.4, -0.2) is 22.9 Å². The standard InChI is InChI=1S/C18H21F3N2O4/c1-17(16(22)27,12-3-2-4-13(9-12)18(19,20)21)23-14(24)10-5-7-11(8-6-10)15(25)26/h2-4,9-11H,5-8H2,1H3,(H2,22,27)(H,23,24)(H,25,26). The average Bonchev–Trinajstić information content (AvgIpc) is 2.60. The van der Waals surface area contributed by atoms with E-state index in [4.69, 9.17) is 10.8 Å². The number of carbonyl (C=O) groups is 3. The van der Waals surface area contributed by atoms with E-state index in [1.807, 2.05) is 0 Å². The minimum atomic E-state index is -4.60. The molecule has 9 heteroatoms. The summed E-state index contributed by atoms with van der Waals surface area (Å²) >= 11 is 0. The molecule has 1 atom stereocenters. The molecule has 0 aromatic heterocycles. The summed E-state index contributed by atoms with van der Waals surface area (Å²) in [5.41, 5.74) is 2.54. The van der Waals surface area contributed by atoms with Crippen molar-refractivity contribution in [1.82, 2.24) is 5.32 Å². The van der Waals surface area contributed by atoms with Crippen molar-refractivity contribution in [2.75, 3.05) is 0 Å². The minimum absolute atomic E-state index is 0.0719. The third kappa shape index (κ3) is 4.58. The molecule has 1 aromatic carbocycles. The molecule has 1 aromatic rings. The smallest absolute Gasteiger partial charge is 0.416 e. The van der Waals surface area contributed by atoms with Crippen molar-refractivity contribution < 1.29 is 32.7 Å². The highest BCUT2D eigenvalue weighted by Crippen LogP contribution is 2.33. The highest BCUT2D eigenvalue weighted by Gasteiger charge is 2.40. The van der Waals surface area contributed by atoms with Gasteiger partial charge in [-0.3, -0.25) is 14.4 Å². The first-order chi connectivity index (χ1) is 12.4. The molecule has 148 valence electrons. The summed E-state index contributed by atoms with van der Waals surface area (Å²) in [7, 11) is 0. The number of carboxylic acids is 1. The van der Waals surface area contributed by atoms with Crippen molar-refractivity contribution in [1.29, 1.82) is 0 Å². The Hall–Kier alpha value is -2.58. The summed E-state index contributed by atoms with van der Waals surface area (Å²) in [5.74, 6) is -3.48. The number of primary amides is 1. The SMILES string of the molecule is CC(NC(=O)C1CCC(C(=O)O)CC1)(C(N)=O)c1cccc(C(F)(F)F)c1. The number of carboxylic acid groups (broad SMARTS) is 1. The molecule has 2 rings (SSSR count). The molecule has 0 radical (unpaired) electrons. The molecular weight excluding hydrogens is 365 g/mol. The zero-order chi connectivity index (χ0) is 20.4. The average molecular weight is 386 g/mol. The molecule has 0 saturated heterocycles. The van der Waals surface area contributed by atoms with Crippen LogP contribution in [0.2, 0.25) is 0 Å². The van der Waals surface area contributed by atoms with E-state index in [9.17, 15) is 27.6 Å². The van der Waals surface area contributed by atoms with Gasteiger partial charge >= 0.3 is 12.1 Å². The highest BCUT2D eigenvalue weighted by molar-refractivity contribution is 5.92. The quantitative estimate of drug-likeness (QED) is 0.722. The molecule has 0 aliphatic heterocycles. The lowest BCUT2D eigenvalue weighted by Crippen LogP contribution is -2.54. The molecule has 6 nitrogen and oxygen atoms in total. The highest BCUT2D eigenvalue weighted by atomic mass is 19.4. The number of halogens is 3. The predicted octanol–water partition coefficient (Wildman–Crippen LogP) is 2.41. The molecule has 0 spiro atoms. The molecule has 1 aliphatic rings. The first kappa shape index (κ1) is 20.7. The second-order valence-electron chi connectivity index (χ2n) is 6.94. The largest absolute Gasteiger partial charge is 0.481 e. The molecule has 4 N–H and O–H groups in total. The van der Waals surface area contributed by atoms with E-state index >= 15 is 0 Å². The summed E-state index contributed by atoms with van der Waals surface area (Å²) in [5, 5.41) is 11.5. The van der Waals surface area contributed by atoms with E-state index in [1.54, 1.807) is 0 Å². The summed E-state index contributed by atoms with van der Waals surface area (Å²) in [6.45, 7) is 1.26. The Morgan fingerprint density at radius 3 is 2.07 bits per heavy atom. The lowest BCUT2D eigenvalue weighted by molar-refractivity contribution is -0.144. The Morgan fingerprint density at radius 2 is 1.59 bits per heavy atom. The van der Waals surface area contributed by atoms with Crippen molar-refractivity contribution in [3.8, 4) is 0 Å². The number of nitrogens with one attached hydrogen (secondary N) is 1. The molecule has 1 fully saturated rings. The van der Waals surface area contributed by atoms with E-state index in [-0.39, 0.29) is 5.56 Å². The van der Waals surface area contributed by atoms with Gasteiger partial charge in [0.25, 0.3) is 0 Å². The molecule has 0 bridgehead atoms. The molecule has 1 saturated carbocycles. The number of hydrogen-bond acceptors (Lipinski definition) is 3. The van der Waals surface area contributed by atoms with Crippen molar-refractivity contribution in [2.45, 2.75) is 44.3 Å². The predicted molar refractivity (Wildman–Crippen MR) is 89.2 cm³/mol. The Morgan fingerprint density at radius 1 is 1.07 bits per heavy atom. The third-order valence-corrected chi connectivity index (χ3v) is 5.08. The number of carbonyl (C=O) groups excluding carboxylic acids is 2. The van der Waals surface area contributed by atoms with Gasteiger partial charge in [0.05, 0.1) is 11.5 Å². The topological polar surface area (TPSA) is 109 Å². The van der Waals surface area contributed by atoms with Crippen LogP contribution in [0.1, 0.15) is 43.7 Å². The van der Waals surface area contributed by atoms with Crippen molar-refractivity contribution in [2.24, 2.45) is 17.6 Å². The van der Waals surface area contributed by atoms with Gasteiger partial charge in [0.15, 0.2) is 0 Å². The normalized spacial score (nSPS) is 22.5. The molecule has 1 unspecified atom stereocenters. The molecule has 27 heavy (non-hydrogen) atoms. The lowest BCUT2D eigenvalue weighted by atomic mass is 9.80. The number of benzene rings is 1. The minimum Gasteiger partial charge on any atom is -0.481 e. The number of alkyl halides is 3. The van der Waals surface area contributed by atoms with Crippen molar-refractivity contribution in [3.63, 3.8) is 0 Å². The van der Waals surface area contributed by atoms with Gasteiger partial charge < -0.3 is 16.2 Å². The monoisotopic (exact) mass is 386 g/mol. The molecule has 0 heterocycles. The number of amides is 2. The molecule has 1 aliphatic carbocycles. The van der Waals surface area contributed by atoms with Gasteiger partial charge in [-0.2, -0.15) is 13.2 Å². The Balaban J connectivity index is 2.21. The van der Waals surface area contributed by atoms with Crippen LogP contribution in [0.15, 0.2) is 24.3 Å². The van der Waals surface area contributed by atoms with Crippen LogP contribution in [0.5, 0.6) is 0 Å². The van der Waals surface area contributed by atoms with Crippen LogP contribution in [-0.2, 0) is 26.1 Å². The number of nitrogens with two attached hydrogens (primary N) is 1. The zero-order valence-electron chi connectivity index (χ0n) is 14.7. The van der Waals surface area contributed by atoms with Gasteiger partial charge in [0, 0.05) is 5.92 Å².